The van der Waals surface area contributed by atoms with Crippen LogP contribution < -0.4 is 5.82 Å². The highest BCUT2D eigenvalue weighted by molar-refractivity contribution is 5.90. The van der Waals surface area contributed by atoms with Crippen LogP contribution in [-0.2, 0) is 6.42 Å². The van der Waals surface area contributed by atoms with Crippen molar-refractivity contribution in [3.8, 4) is 11.1 Å². The van der Waals surface area contributed by atoms with E-state index >= 15 is 0 Å². The zero-order valence-electron chi connectivity index (χ0n) is 12.1. The Morgan fingerprint density at radius 2 is 1.67 bits per heavy atom. The Hall–Kier alpha value is -2.29. The summed E-state index contributed by atoms with van der Waals surface area (Å²) in [5, 5.41) is 0. The molecule has 0 aliphatic carbocycles. The van der Waals surface area contributed by atoms with Crippen molar-refractivity contribution in [1.82, 2.24) is 0 Å². The fraction of sp³-hybridized carbons (Fsp3) is 0.278. The van der Waals surface area contributed by atoms with Crippen LogP contribution in [0.1, 0.15) is 31.7 Å². The predicted molar refractivity (Wildman–Crippen MR) is 83.4 cm³/mol. The lowest BCUT2D eigenvalue weighted by Crippen LogP contribution is -1.88. The van der Waals surface area contributed by atoms with Crippen molar-refractivity contribution in [2.45, 2.75) is 32.6 Å². The Morgan fingerprint density at radius 1 is 0.905 bits per heavy atom. The van der Waals surface area contributed by atoms with Gasteiger partial charge in [0.2, 0.25) is 0 Å². The van der Waals surface area contributed by atoms with E-state index in [1.165, 1.54) is 12.8 Å². The molecular formula is C18H18O3. The second-order valence-corrected chi connectivity index (χ2v) is 5.21. The Kier molecular flexibility index (Phi) is 3.91. The fourth-order valence-corrected chi connectivity index (χ4v) is 2.61. The van der Waals surface area contributed by atoms with E-state index in [0.29, 0.717) is 11.2 Å². The van der Waals surface area contributed by atoms with Gasteiger partial charge in [0.1, 0.15) is 0 Å². The average Bonchev–Trinajstić information content (AvgIpc) is 2.90. The Morgan fingerprint density at radius 3 is 2.43 bits per heavy atom. The summed E-state index contributed by atoms with van der Waals surface area (Å²) in [5.41, 5.74) is 4.12. The Bertz CT molecular complexity index is 781. The molecule has 0 spiro atoms. The third-order valence-electron chi connectivity index (χ3n) is 3.70. The molecule has 0 aliphatic heterocycles. The first-order valence-corrected chi connectivity index (χ1v) is 7.40. The summed E-state index contributed by atoms with van der Waals surface area (Å²) in [6, 6.07) is 13.9. The molecule has 21 heavy (non-hydrogen) atoms. The number of hydrogen-bond acceptors (Lipinski definition) is 3. The molecule has 0 fully saturated rings. The van der Waals surface area contributed by atoms with Crippen molar-refractivity contribution in [3.05, 3.63) is 58.6 Å². The molecule has 3 nitrogen and oxygen atoms in total. The molecule has 0 saturated carbocycles. The van der Waals surface area contributed by atoms with Gasteiger partial charge in [-0.25, -0.2) is 4.79 Å². The normalized spacial score (nSPS) is 11.1. The molecule has 1 heterocycles. The molecule has 0 N–H and O–H groups in total. The van der Waals surface area contributed by atoms with E-state index in [1.807, 2.05) is 42.5 Å². The van der Waals surface area contributed by atoms with Gasteiger partial charge in [-0.15, -0.1) is 0 Å². The summed E-state index contributed by atoms with van der Waals surface area (Å²) in [4.78, 5) is 11.5. The zero-order valence-corrected chi connectivity index (χ0v) is 12.1. The number of aryl methyl sites for hydroxylation is 1. The molecule has 0 amide bonds. The first-order chi connectivity index (χ1) is 10.3. The maximum atomic E-state index is 11.5. The van der Waals surface area contributed by atoms with Crippen molar-refractivity contribution < 1.29 is 8.83 Å². The van der Waals surface area contributed by atoms with Gasteiger partial charge >= 0.3 is 5.82 Å². The lowest BCUT2D eigenvalue weighted by Gasteiger charge is -2.05. The van der Waals surface area contributed by atoms with Gasteiger partial charge < -0.3 is 8.83 Å². The van der Waals surface area contributed by atoms with Gasteiger partial charge in [-0.1, -0.05) is 62.2 Å². The third kappa shape index (κ3) is 2.77. The Balaban J connectivity index is 2.08. The SMILES string of the molecule is CCCCCc1ccc(-c2ccccc2)c2oc(=O)oc12. The van der Waals surface area contributed by atoms with Crippen LogP contribution in [0.3, 0.4) is 0 Å². The van der Waals surface area contributed by atoms with Crippen LogP contribution in [0.2, 0.25) is 0 Å². The van der Waals surface area contributed by atoms with Crippen molar-refractivity contribution >= 4 is 11.2 Å². The summed E-state index contributed by atoms with van der Waals surface area (Å²) in [6.45, 7) is 2.17. The number of unbranched alkanes of at least 4 members (excludes halogenated alkanes) is 2. The molecule has 0 saturated heterocycles. The van der Waals surface area contributed by atoms with E-state index in [9.17, 15) is 4.79 Å². The standard InChI is InChI=1S/C18H18O3/c1-2-3-5-10-14-11-12-15(13-8-6-4-7-9-13)17-16(14)20-18(19)21-17/h4,6-9,11-12H,2-3,5,10H2,1H3. The minimum Gasteiger partial charge on any atom is -0.390 e. The minimum atomic E-state index is -0.634. The van der Waals surface area contributed by atoms with Crippen LogP contribution in [0.25, 0.3) is 22.3 Å². The molecular weight excluding hydrogens is 264 g/mol. The molecule has 3 heteroatoms. The van der Waals surface area contributed by atoms with Gasteiger partial charge in [-0.2, -0.15) is 0 Å². The quantitative estimate of drug-likeness (QED) is 0.632. The van der Waals surface area contributed by atoms with Crippen molar-refractivity contribution in [2.75, 3.05) is 0 Å². The van der Waals surface area contributed by atoms with Crippen LogP contribution in [0.15, 0.2) is 56.1 Å². The molecule has 0 unspecified atom stereocenters. The summed E-state index contributed by atoms with van der Waals surface area (Å²) in [6.07, 6.45) is 4.33. The highest BCUT2D eigenvalue weighted by atomic mass is 16.6. The van der Waals surface area contributed by atoms with E-state index in [4.69, 9.17) is 8.83 Å². The van der Waals surface area contributed by atoms with Gasteiger partial charge in [-0.3, -0.25) is 0 Å². The van der Waals surface area contributed by atoms with E-state index in [2.05, 4.69) is 6.92 Å². The summed E-state index contributed by atoms with van der Waals surface area (Å²) in [5.74, 6) is -0.634. The molecule has 3 aromatic rings. The maximum absolute atomic E-state index is 11.5. The largest absolute Gasteiger partial charge is 0.519 e. The molecule has 2 aromatic carbocycles. The molecule has 0 aliphatic rings. The first-order valence-electron chi connectivity index (χ1n) is 7.40. The average molecular weight is 282 g/mol. The highest BCUT2D eigenvalue weighted by Crippen LogP contribution is 2.31. The topological polar surface area (TPSA) is 43.4 Å². The smallest absolute Gasteiger partial charge is 0.390 e. The zero-order chi connectivity index (χ0) is 14.7. The van der Waals surface area contributed by atoms with E-state index in [0.717, 1.165) is 29.5 Å². The maximum Gasteiger partial charge on any atom is 0.519 e. The predicted octanol–water partition coefficient (Wildman–Crippen LogP) is 4.79. The fourth-order valence-electron chi connectivity index (χ4n) is 2.61. The third-order valence-corrected chi connectivity index (χ3v) is 3.70. The van der Waals surface area contributed by atoms with Crippen molar-refractivity contribution in [3.63, 3.8) is 0 Å². The molecule has 3 rings (SSSR count). The van der Waals surface area contributed by atoms with Gasteiger partial charge in [-0.05, 0) is 24.0 Å². The molecule has 108 valence electrons. The van der Waals surface area contributed by atoms with E-state index < -0.39 is 5.82 Å². The van der Waals surface area contributed by atoms with Crippen molar-refractivity contribution in [2.24, 2.45) is 0 Å². The van der Waals surface area contributed by atoms with Gasteiger partial charge in [0.05, 0.1) is 0 Å². The van der Waals surface area contributed by atoms with Crippen LogP contribution in [0.5, 0.6) is 0 Å². The van der Waals surface area contributed by atoms with Gasteiger partial charge in [0.25, 0.3) is 0 Å². The molecule has 1 aromatic heterocycles. The second-order valence-electron chi connectivity index (χ2n) is 5.21. The van der Waals surface area contributed by atoms with Crippen LogP contribution in [-0.4, -0.2) is 0 Å². The summed E-state index contributed by atoms with van der Waals surface area (Å²) in [7, 11) is 0. The number of fused-ring (bicyclic) bond motifs is 1. The highest BCUT2D eigenvalue weighted by Gasteiger charge is 2.14. The van der Waals surface area contributed by atoms with Crippen LogP contribution >= 0.6 is 0 Å². The number of benzene rings is 2. The second kappa shape index (κ2) is 6.00. The minimum absolute atomic E-state index is 0.556. The molecule has 0 bridgehead atoms. The van der Waals surface area contributed by atoms with Crippen LogP contribution in [0, 0.1) is 0 Å². The summed E-state index contributed by atoms with van der Waals surface area (Å²) < 4.78 is 10.5. The van der Waals surface area contributed by atoms with Crippen molar-refractivity contribution in [1.29, 1.82) is 0 Å². The molecule has 0 atom stereocenters. The lowest BCUT2D eigenvalue weighted by atomic mass is 10.00. The van der Waals surface area contributed by atoms with E-state index in [-0.39, 0.29) is 0 Å². The monoisotopic (exact) mass is 282 g/mol. The van der Waals surface area contributed by atoms with Gasteiger partial charge in [0, 0.05) is 5.56 Å². The van der Waals surface area contributed by atoms with E-state index in [1.54, 1.807) is 0 Å². The molecule has 0 radical (unpaired) electrons. The van der Waals surface area contributed by atoms with Gasteiger partial charge in [0.15, 0.2) is 11.2 Å². The van der Waals surface area contributed by atoms with Crippen LogP contribution in [0.4, 0.5) is 0 Å². The summed E-state index contributed by atoms with van der Waals surface area (Å²) >= 11 is 0. The first kappa shape index (κ1) is 13.7. The Labute approximate surface area is 123 Å². The number of rotatable bonds is 5. The lowest BCUT2D eigenvalue weighted by molar-refractivity contribution is 0.408. The number of hydrogen-bond donors (Lipinski definition) is 0.